The van der Waals surface area contributed by atoms with Gasteiger partial charge in [-0.2, -0.15) is 0 Å². The van der Waals surface area contributed by atoms with Crippen molar-refractivity contribution in [3.8, 4) is 0 Å². The topological polar surface area (TPSA) is 98.0 Å². The maximum Gasteiger partial charge on any atom is 0.270 e. The average Bonchev–Trinajstić information content (AvgIpc) is 2.38. The van der Waals surface area contributed by atoms with Crippen LogP contribution >= 0.6 is 11.6 Å². The van der Waals surface area contributed by atoms with E-state index in [9.17, 15) is 14.9 Å². The van der Waals surface area contributed by atoms with E-state index in [0.717, 1.165) is 6.07 Å². The number of hydrogen-bond donors (Lipinski definition) is 1. The van der Waals surface area contributed by atoms with Crippen molar-refractivity contribution in [1.82, 2.24) is 9.97 Å². The second kappa shape index (κ2) is 5.62. The number of amides is 1. The van der Waals surface area contributed by atoms with Crippen LogP contribution in [0.2, 0.25) is 5.02 Å². The fourth-order valence-electron chi connectivity index (χ4n) is 1.48. The van der Waals surface area contributed by atoms with Gasteiger partial charge in [-0.25, -0.2) is 9.97 Å². The molecule has 0 saturated carbocycles. The van der Waals surface area contributed by atoms with Crippen molar-refractivity contribution < 1.29 is 9.72 Å². The molecule has 0 unspecified atom stereocenters. The lowest BCUT2D eigenvalue weighted by atomic mass is 10.2. The van der Waals surface area contributed by atoms with Gasteiger partial charge in [-0.3, -0.25) is 20.2 Å². The summed E-state index contributed by atoms with van der Waals surface area (Å²) in [5.41, 5.74) is 0.455. The number of nitro benzene ring substituents is 1. The largest absolute Gasteiger partial charge is 0.290 e. The molecule has 0 aliphatic rings. The van der Waals surface area contributed by atoms with Crippen LogP contribution in [0.25, 0.3) is 0 Å². The first-order valence-corrected chi connectivity index (χ1v) is 5.90. The SMILES string of the molecule is Cc1ccnc(NC(=O)c2cc([N+](=O)[O-])ccc2Cl)n1. The third kappa shape index (κ3) is 3.07. The first-order valence-electron chi connectivity index (χ1n) is 5.52. The molecule has 7 nitrogen and oxygen atoms in total. The van der Waals surface area contributed by atoms with Crippen LogP contribution < -0.4 is 5.32 Å². The quantitative estimate of drug-likeness (QED) is 0.692. The van der Waals surface area contributed by atoms with Gasteiger partial charge in [0.25, 0.3) is 11.6 Å². The Bertz CT molecular complexity index is 690. The fraction of sp³-hybridized carbons (Fsp3) is 0.0833. The summed E-state index contributed by atoms with van der Waals surface area (Å²) < 4.78 is 0. The number of benzene rings is 1. The van der Waals surface area contributed by atoms with Crippen LogP contribution in [0.4, 0.5) is 11.6 Å². The van der Waals surface area contributed by atoms with Gasteiger partial charge in [-0.1, -0.05) is 11.6 Å². The highest BCUT2D eigenvalue weighted by molar-refractivity contribution is 6.34. The molecule has 2 aromatic rings. The second-order valence-electron chi connectivity index (χ2n) is 3.90. The number of nitro groups is 1. The van der Waals surface area contributed by atoms with Crippen LogP contribution in [0.5, 0.6) is 0 Å². The number of nitrogens with one attached hydrogen (secondary N) is 1. The van der Waals surface area contributed by atoms with E-state index in [4.69, 9.17) is 11.6 Å². The molecule has 0 fully saturated rings. The Labute approximate surface area is 118 Å². The molecule has 0 bridgehead atoms. The Hall–Kier alpha value is -2.54. The maximum absolute atomic E-state index is 12.0. The number of nitrogens with zero attached hydrogens (tertiary/aromatic N) is 3. The predicted molar refractivity (Wildman–Crippen MR) is 72.8 cm³/mol. The van der Waals surface area contributed by atoms with Gasteiger partial charge in [0.15, 0.2) is 0 Å². The zero-order chi connectivity index (χ0) is 14.7. The minimum Gasteiger partial charge on any atom is -0.290 e. The number of anilines is 1. The first kappa shape index (κ1) is 13.9. The summed E-state index contributed by atoms with van der Waals surface area (Å²) in [7, 11) is 0. The number of non-ortho nitro benzene ring substituents is 1. The van der Waals surface area contributed by atoms with Crippen LogP contribution in [-0.2, 0) is 0 Å². The monoisotopic (exact) mass is 292 g/mol. The standard InChI is InChI=1S/C12H9ClN4O3/c1-7-4-5-14-12(15-7)16-11(18)9-6-8(17(19)20)2-3-10(9)13/h2-6H,1H3,(H,14,15,16,18). The lowest BCUT2D eigenvalue weighted by Crippen LogP contribution is -2.15. The molecule has 20 heavy (non-hydrogen) atoms. The third-order valence-electron chi connectivity index (χ3n) is 2.43. The van der Waals surface area contributed by atoms with Crippen LogP contribution in [0.3, 0.4) is 0 Å². The van der Waals surface area contributed by atoms with Crippen LogP contribution in [0, 0.1) is 17.0 Å². The number of aromatic nitrogens is 2. The van der Waals surface area contributed by atoms with Crippen molar-refractivity contribution in [1.29, 1.82) is 0 Å². The molecule has 0 saturated heterocycles. The van der Waals surface area contributed by atoms with Gasteiger partial charge in [0.1, 0.15) is 0 Å². The summed E-state index contributed by atoms with van der Waals surface area (Å²) in [5.74, 6) is -0.498. The predicted octanol–water partition coefficient (Wildman–Crippen LogP) is 2.60. The summed E-state index contributed by atoms with van der Waals surface area (Å²) in [5, 5.41) is 13.2. The lowest BCUT2D eigenvalue weighted by molar-refractivity contribution is -0.384. The summed E-state index contributed by atoms with van der Waals surface area (Å²) in [6.07, 6.45) is 1.49. The van der Waals surface area contributed by atoms with E-state index in [1.807, 2.05) is 0 Å². The summed E-state index contributed by atoms with van der Waals surface area (Å²) in [6, 6.07) is 5.30. The molecular formula is C12H9ClN4O3. The van der Waals surface area contributed by atoms with Gasteiger partial charge < -0.3 is 0 Å². The van der Waals surface area contributed by atoms with E-state index < -0.39 is 10.8 Å². The van der Waals surface area contributed by atoms with Gasteiger partial charge >= 0.3 is 0 Å². The van der Waals surface area contributed by atoms with Crippen LogP contribution in [0.1, 0.15) is 16.1 Å². The van der Waals surface area contributed by atoms with Gasteiger partial charge in [0.05, 0.1) is 15.5 Å². The molecule has 0 radical (unpaired) electrons. The molecule has 0 aliphatic carbocycles. The summed E-state index contributed by atoms with van der Waals surface area (Å²) in [6.45, 7) is 1.75. The highest BCUT2D eigenvalue weighted by Crippen LogP contribution is 2.22. The Morgan fingerprint density at radius 3 is 2.80 bits per heavy atom. The molecule has 1 aromatic carbocycles. The van der Waals surface area contributed by atoms with E-state index in [1.165, 1.54) is 18.3 Å². The van der Waals surface area contributed by atoms with E-state index in [0.29, 0.717) is 5.69 Å². The van der Waals surface area contributed by atoms with Crippen molar-refractivity contribution in [2.24, 2.45) is 0 Å². The highest BCUT2D eigenvalue weighted by atomic mass is 35.5. The molecule has 0 spiro atoms. The number of carbonyl (C=O) groups excluding carboxylic acids is 1. The zero-order valence-electron chi connectivity index (χ0n) is 10.3. The van der Waals surface area contributed by atoms with E-state index >= 15 is 0 Å². The normalized spacial score (nSPS) is 10.1. The average molecular weight is 293 g/mol. The van der Waals surface area contributed by atoms with Crippen LogP contribution in [0.15, 0.2) is 30.5 Å². The molecule has 0 aliphatic heterocycles. The van der Waals surface area contributed by atoms with Gasteiger partial charge in [-0.15, -0.1) is 0 Å². The number of aryl methyl sites for hydroxylation is 1. The summed E-state index contributed by atoms with van der Waals surface area (Å²) >= 11 is 5.87. The Kier molecular flexibility index (Phi) is 3.90. The molecule has 8 heteroatoms. The van der Waals surface area contributed by atoms with E-state index in [2.05, 4.69) is 15.3 Å². The number of halogens is 1. The number of rotatable bonds is 3. The first-order chi connectivity index (χ1) is 9.47. The van der Waals surface area contributed by atoms with Gasteiger partial charge in [0, 0.05) is 24.0 Å². The minimum atomic E-state index is -0.607. The molecular weight excluding hydrogens is 284 g/mol. The molecule has 1 N–H and O–H groups in total. The molecule has 0 atom stereocenters. The molecule has 1 amide bonds. The molecule has 2 rings (SSSR count). The highest BCUT2D eigenvalue weighted by Gasteiger charge is 2.16. The third-order valence-corrected chi connectivity index (χ3v) is 2.76. The van der Waals surface area contributed by atoms with E-state index in [-0.39, 0.29) is 22.2 Å². The van der Waals surface area contributed by atoms with Crippen molar-refractivity contribution in [2.45, 2.75) is 6.92 Å². The smallest absolute Gasteiger partial charge is 0.270 e. The van der Waals surface area contributed by atoms with Crippen molar-refractivity contribution in [3.63, 3.8) is 0 Å². The molecule has 1 heterocycles. The fourth-order valence-corrected chi connectivity index (χ4v) is 1.68. The Morgan fingerprint density at radius 1 is 1.40 bits per heavy atom. The Morgan fingerprint density at radius 2 is 2.15 bits per heavy atom. The maximum atomic E-state index is 12.0. The summed E-state index contributed by atoms with van der Waals surface area (Å²) in [4.78, 5) is 30.0. The van der Waals surface area contributed by atoms with Gasteiger partial charge in [0.2, 0.25) is 5.95 Å². The van der Waals surface area contributed by atoms with Crippen LogP contribution in [-0.4, -0.2) is 20.8 Å². The van der Waals surface area contributed by atoms with Crippen molar-refractivity contribution in [2.75, 3.05) is 5.32 Å². The Balaban J connectivity index is 2.29. The number of hydrogen-bond acceptors (Lipinski definition) is 5. The van der Waals surface area contributed by atoms with E-state index in [1.54, 1.807) is 13.0 Å². The number of carbonyl (C=O) groups is 1. The lowest BCUT2D eigenvalue weighted by Gasteiger charge is -2.05. The second-order valence-corrected chi connectivity index (χ2v) is 4.30. The zero-order valence-corrected chi connectivity index (χ0v) is 11.1. The van der Waals surface area contributed by atoms with Gasteiger partial charge in [-0.05, 0) is 19.1 Å². The minimum absolute atomic E-state index is 0.00836. The van der Waals surface area contributed by atoms with Crippen molar-refractivity contribution in [3.05, 3.63) is 56.9 Å². The van der Waals surface area contributed by atoms with Crippen molar-refractivity contribution >= 4 is 29.1 Å². The molecule has 1 aromatic heterocycles. The molecule has 102 valence electrons.